The van der Waals surface area contributed by atoms with Crippen molar-refractivity contribution in [3.63, 3.8) is 0 Å². The van der Waals surface area contributed by atoms with Gasteiger partial charge in [0.25, 0.3) is 0 Å². The first-order valence-electron chi connectivity index (χ1n) is 19.9. The quantitative estimate of drug-likeness (QED) is 0.0854. The van der Waals surface area contributed by atoms with E-state index in [0.717, 1.165) is 43.6 Å². The molecule has 0 amide bonds. The zero-order valence-corrected chi connectivity index (χ0v) is 33.9. The van der Waals surface area contributed by atoms with E-state index < -0.39 is 40.4 Å². The van der Waals surface area contributed by atoms with Crippen molar-refractivity contribution >= 4 is 17.5 Å². The number of esters is 1. The molecule has 298 valence electrons. The average Bonchev–Trinajstić information content (AvgIpc) is 3.29. The van der Waals surface area contributed by atoms with Crippen molar-refractivity contribution in [3.05, 3.63) is 74.9 Å². The number of hydrogen-bond acceptors (Lipinski definition) is 10. The summed E-state index contributed by atoms with van der Waals surface area (Å²) >= 11 is 0. The summed E-state index contributed by atoms with van der Waals surface area (Å²) in [6.07, 6.45) is 12.7. The van der Waals surface area contributed by atoms with Crippen LogP contribution in [-0.2, 0) is 36.6 Å². The number of Topliss-reactive ketones (excluding diaryl/α,β-unsaturated/α-hetero) is 2. The summed E-state index contributed by atoms with van der Waals surface area (Å²) < 4.78 is 25.0. The second-order valence-electron chi connectivity index (χ2n) is 17.0. The second kappa shape index (κ2) is 15.9. The van der Waals surface area contributed by atoms with Crippen molar-refractivity contribution in [1.82, 2.24) is 4.90 Å². The first-order chi connectivity index (χ1) is 26.0. The lowest BCUT2D eigenvalue weighted by Gasteiger charge is -2.56. The van der Waals surface area contributed by atoms with E-state index in [4.69, 9.17) is 18.9 Å². The lowest BCUT2D eigenvalue weighted by Crippen LogP contribution is -2.72. The molecule has 0 aromatic heterocycles. The van der Waals surface area contributed by atoms with Crippen LogP contribution in [0.25, 0.3) is 0 Å². The molecule has 1 aromatic carbocycles. The summed E-state index contributed by atoms with van der Waals surface area (Å²) in [5, 5.41) is 23.8. The molecule has 10 nitrogen and oxygen atoms in total. The maximum atomic E-state index is 14.9. The number of carbonyl (C=O) groups excluding carboxylic acids is 3. The highest BCUT2D eigenvalue weighted by molar-refractivity contribution is 6.18. The maximum absolute atomic E-state index is 14.9. The summed E-state index contributed by atoms with van der Waals surface area (Å²) in [4.78, 5) is 45.0. The second-order valence-corrected chi connectivity index (χ2v) is 17.0. The molecule has 2 saturated heterocycles. The summed E-state index contributed by atoms with van der Waals surface area (Å²) in [5.74, 6) is -2.51. The van der Waals surface area contributed by atoms with Crippen molar-refractivity contribution < 1.29 is 43.5 Å². The molecule has 4 bridgehead atoms. The molecule has 7 rings (SSSR count). The van der Waals surface area contributed by atoms with Crippen LogP contribution in [0.1, 0.15) is 109 Å². The fourth-order valence-electron chi connectivity index (χ4n) is 9.19. The Morgan fingerprint density at radius 1 is 0.945 bits per heavy atom. The number of ether oxygens (including phenoxy) is 4. The summed E-state index contributed by atoms with van der Waals surface area (Å²) in [6, 6.07) is 0. The zero-order chi connectivity index (χ0) is 39.9. The van der Waals surface area contributed by atoms with Crippen LogP contribution in [0.15, 0.2) is 58.2 Å². The van der Waals surface area contributed by atoms with Crippen LogP contribution in [0.3, 0.4) is 0 Å². The fourth-order valence-corrected chi connectivity index (χ4v) is 9.19. The predicted molar refractivity (Wildman–Crippen MR) is 211 cm³/mol. The van der Waals surface area contributed by atoms with E-state index in [-0.39, 0.29) is 65.6 Å². The van der Waals surface area contributed by atoms with Crippen LogP contribution in [-0.4, -0.2) is 88.9 Å². The Morgan fingerprint density at radius 3 is 2.33 bits per heavy atom. The Bertz CT molecular complexity index is 1880. The molecule has 3 aliphatic carbocycles. The number of carbonyl (C=O) groups is 3. The van der Waals surface area contributed by atoms with E-state index in [9.17, 15) is 24.6 Å². The largest absolute Gasteiger partial charge is 0.507 e. The van der Waals surface area contributed by atoms with Gasteiger partial charge in [0.1, 0.15) is 22.8 Å². The molecule has 0 radical (unpaired) electrons. The SMILES string of the molecule is CC(C)=CCC/C(C)=C/Cc1c(O)c(CC=C(C)C)c2c(c1O)C(=O)C1=CC3CC4C(C)(C)OC(C/C=C(\C)C(=O)OCCCN5CCOCC5)(C3=O)C14O2. The third kappa shape index (κ3) is 7.38. The smallest absolute Gasteiger partial charge is 0.333 e. The standard InChI is InChI=1S/C45H59NO9/c1-27(2)11-9-12-29(5)14-16-32-37(47)33(15-13-28(3)4)40-36(38(32)48)39(49)34-25-31-26-35-43(7,8)55-44(41(31)50,45(34,35)54-40)18-17-30(6)42(51)53-22-10-19-46-20-23-52-24-21-46/h11,13-14,17,25,31,35,47-48H,9-10,12,15-16,18-24,26H2,1-8H3/b29-14+,30-17+. The fraction of sp³-hybridized carbons (Fsp3) is 0.578. The topological polar surface area (TPSA) is 132 Å². The van der Waals surface area contributed by atoms with E-state index >= 15 is 0 Å². The Hall–Kier alpha value is -3.99. The maximum Gasteiger partial charge on any atom is 0.333 e. The van der Waals surface area contributed by atoms with Crippen LogP contribution in [0.2, 0.25) is 0 Å². The van der Waals surface area contributed by atoms with Gasteiger partial charge >= 0.3 is 5.97 Å². The lowest BCUT2D eigenvalue weighted by molar-refractivity contribution is -0.171. The van der Waals surface area contributed by atoms with E-state index in [0.29, 0.717) is 37.2 Å². The number of aromatic hydroxyl groups is 2. The number of nitrogens with zero attached hydrogens (tertiary/aromatic N) is 1. The van der Waals surface area contributed by atoms with Crippen LogP contribution < -0.4 is 4.74 Å². The lowest BCUT2D eigenvalue weighted by atomic mass is 9.51. The normalized spacial score (nSPS) is 26.9. The number of phenols is 2. The van der Waals surface area contributed by atoms with Gasteiger partial charge < -0.3 is 29.2 Å². The molecule has 3 heterocycles. The molecule has 1 aromatic rings. The molecule has 3 fully saturated rings. The van der Waals surface area contributed by atoms with Gasteiger partial charge in [0, 0.05) is 60.2 Å². The summed E-state index contributed by atoms with van der Waals surface area (Å²) in [6.45, 7) is 19.7. The Labute approximate surface area is 325 Å². The first kappa shape index (κ1) is 40.7. The number of morpholine rings is 1. The highest BCUT2D eigenvalue weighted by atomic mass is 16.6. The third-order valence-electron chi connectivity index (χ3n) is 12.1. The van der Waals surface area contributed by atoms with E-state index in [1.807, 2.05) is 46.8 Å². The number of phenolic OH excluding ortho intramolecular Hbond substituents is 2. The van der Waals surface area contributed by atoms with Crippen LogP contribution >= 0.6 is 0 Å². The van der Waals surface area contributed by atoms with Gasteiger partial charge in [0.15, 0.2) is 22.8 Å². The Balaban J connectivity index is 1.36. The van der Waals surface area contributed by atoms with Crippen LogP contribution in [0.4, 0.5) is 0 Å². The minimum Gasteiger partial charge on any atom is -0.507 e. The van der Waals surface area contributed by atoms with Crippen LogP contribution in [0.5, 0.6) is 17.2 Å². The minimum atomic E-state index is -1.64. The van der Waals surface area contributed by atoms with Gasteiger partial charge in [-0.25, -0.2) is 4.79 Å². The van der Waals surface area contributed by atoms with Gasteiger partial charge in [-0.3, -0.25) is 14.5 Å². The minimum absolute atomic E-state index is 0.00263. The number of benzene rings is 1. The molecule has 6 aliphatic rings. The van der Waals surface area contributed by atoms with Crippen molar-refractivity contribution in [2.24, 2.45) is 11.8 Å². The van der Waals surface area contributed by atoms with Gasteiger partial charge in [-0.2, -0.15) is 0 Å². The van der Waals surface area contributed by atoms with E-state index in [1.54, 1.807) is 19.1 Å². The molecule has 3 aliphatic heterocycles. The molecule has 55 heavy (non-hydrogen) atoms. The van der Waals surface area contributed by atoms with E-state index in [1.165, 1.54) is 5.57 Å². The molecular formula is C45H59NO9. The van der Waals surface area contributed by atoms with Crippen molar-refractivity contribution in [1.29, 1.82) is 0 Å². The molecular weight excluding hydrogens is 698 g/mol. The predicted octanol–water partition coefficient (Wildman–Crippen LogP) is 7.45. The third-order valence-corrected chi connectivity index (χ3v) is 12.1. The Morgan fingerprint density at radius 2 is 1.64 bits per heavy atom. The summed E-state index contributed by atoms with van der Waals surface area (Å²) in [5.41, 5.74) is 0.531. The first-order valence-corrected chi connectivity index (χ1v) is 19.9. The van der Waals surface area contributed by atoms with Gasteiger partial charge in [0.05, 0.1) is 25.4 Å². The van der Waals surface area contributed by atoms with Crippen molar-refractivity contribution in [2.45, 2.75) is 117 Å². The molecule has 1 saturated carbocycles. The van der Waals surface area contributed by atoms with Crippen molar-refractivity contribution in [3.8, 4) is 17.2 Å². The number of hydrogen-bond donors (Lipinski definition) is 2. The number of rotatable bonds is 14. The van der Waals surface area contributed by atoms with Crippen LogP contribution in [0, 0.1) is 11.8 Å². The summed E-state index contributed by atoms with van der Waals surface area (Å²) in [7, 11) is 0. The van der Waals surface area contributed by atoms with Gasteiger partial charge in [-0.05, 0) is 93.9 Å². The molecule has 4 unspecified atom stereocenters. The van der Waals surface area contributed by atoms with Gasteiger partial charge in [-0.1, -0.05) is 47.1 Å². The van der Waals surface area contributed by atoms with Gasteiger partial charge in [-0.15, -0.1) is 0 Å². The van der Waals surface area contributed by atoms with Gasteiger partial charge in [0.2, 0.25) is 0 Å². The number of ketones is 2. The molecule has 10 heteroatoms. The number of fused-ring (bicyclic) bond motifs is 1. The van der Waals surface area contributed by atoms with E-state index in [2.05, 4.69) is 24.8 Å². The molecule has 4 atom stereocenters. The molecule has 1 spiro atoms. The molecule has 2 N–H and O–H groups in total. The Kier molecular flexibility index (Phi) is 11.7. The highest BCUT2D eigenvalue weighted by Crippen LogP contribution is 2.68. The monoisotopic (exact) mass is 757 g/mol. The van der Waals surface area contributed by atoms with Crippen molar-refractivity contribution in [2.75, 3.05) is 39.5 Å². The highest BCUT2D eigenvalue weighted by Gasteiger charge is 2.81. The average molecular weight is 758 g/mol. The zero-order valence-electron chi connectivity index (χ0n) is 33.9. The number of allylic oxidation sites excluding steroid dienone is 7.